The molecule has 0 aliphatic rings. The van der Waals surface area contributed by atoms with Crippen LogP contribution in [0.4, 0.5) is 0 Å². The van der Waals surface area contributed by atoms with Crippen LogP contribution in [0.15, 0.2) is 67.2 Å². The van der Waals surface area contributed by atoms with Crippen LogP contribution in [0.2, 0.25) is 0 Å². The Morgan fingerprint density at radius 2 is 1.38 bits per heavy atom. The van der Waals surface area contributed by atoms with Gasteiger partial charge in [-0.25, -0.2) is 0 Å². The molecule has 0 saturated heterocycles. The SMILES string of the molecule is C=C(CC(CO)(CO)Cc1ccccc1)c1ccccc1. The predicted molar refractivity (Wildman–Crippen MR) is 86.8 cm³/mol. The molecule has 2 aromatic carbocycles. The van der Waals surface area contributed by atoms with Gasteiger partial charge in [0.15, 0.2) is 0 Å². The topological polar surface area (TPSA) is 40.5 Å². The highest BCUT2D eigenvalue weighted by molar-refractivity contribution is 5.63. The fourth-order valence-electron chi connectivity index (χ4n) is 2.59. The highest BCUT2D eigenvalue weighted by atomic mass is 16.3. The summed E-state index contributed by atoms with van der Waals surface area (Å²) in [6, 6.07) is 19.9. The second-order valence-corrected chi connectivity index (χ2v) is 5.62. The summed E-state index contributed by atoms with van der Waals surface area (Å²) in [4.78, 5) is 0. The third-order valence-corrected chi connectivity index (χ3v) is 3.86. The summed E-state index contributed by atoms with van der Waals surface area (Å²) >= 11 is 0. The van der Waals surface area contributed by atoms with Crippen LogP contribution in [-0.2, 0) is 6.42 Å². The van der Waals surface area contributed by atoms with Gasteiger partial charge in [0.05, 0.1) is 13.2 Å². The van der Waals surface area contributed by atoms with Crippen molar-refractivity contribution in [3.63, 3.8) is 0 Å². The zero-order chi connectivity index (χ0) is 15.1. The van der Waals surface area contributed by atoms with Crippen molar-refractivity contribution in [3.8, 4) is 0 Å². The predicted octanol–water partition coefficient (Wildman–Crippen LogP) is 3.30. The zero-order valence-corrected chi connectivity index (χ0v) is 12.2. The standard InChI is InChI=1S/C19H22O2/c1-16(18-10-6-3-7-11-18)12-19(14-20,15-21)13-17-8-4-2-5-9-17/h2-11,20-21H,1,12-15H2. The van der Waals surface area contributed by atoms with Gasteiger partial charge in [-0.05, 0) is 29.5 Å². The molecule has 2 rings (SSSR count). The molecule has 0 atom stereocenters. The zero-order valence-electron chi connectivity index (χ0n) is 12.2. The van der Waals surface area contributed by atoms with Crippen LogP contribution >= 0.6 is 0 Å². The number of benzene rings is 2. The van der Waals surface area contributed by atoms with Crippen LogP contribution in [0.25, 0.3) is 5.57 Å². The average molecular weight is 282 g/mol. The Bertz CT molecular complexity index is 557. The van der Waals surface area contributed by atoms with Gasteiger partial charge in [-0.3, -0.25) is 0 Å². The summed E-state index contributed by atoms with van der Waals surface area (Å²) in [5, 5.41) is 19.7. The molecule has 0 fully saturated rings. The van der Waals surface area contributed by atoms with Crippen LogP contribution in [0.5, 0.6) is 0 Å². The third kappa shape index (κ3) is 4.03. The number of hydrogen-bond acceptors (Lipinski definition) is 2. The van der Waals surface area contributed by atoms with Crippen LogP contribution in [0.3, 0.4) is 0 Å². The van der Waals surface area contributed by atoms with Crippen LogP contribution in [-0.4, -0.2) is 23.4 Å². The van der Waals surface area contributed by atoms with Crippen molar-refractivity contribution in [1.29, 1.82) is 0 Å². The molecule has 0 radical (unpaired) electrons. The van der Waals surface area contributed by atoms with Crippen LogP contribution in [0.1, 0.15) is 17.5 Å². The largest absolute Gasteiger partial charge is 0.396 e. The van der Waals surface area contributed by atoms with Gasteiger partial charge in [0.2, 0.25) is 0 Å². The summed E-state index contributed by atoms with van der Waals surface area (Å²) in [5.41, 5.74) is 2.53. The number of rotatable bonds is 7. The van der Waals surface area contributed by atoms with Gasteiger partial charge < -0.3 is 10.2 Å². The van der Waals surface area contributed by atoms with Gasteiger partial charge in [-0.15, -0.1) is 0 Å². The van der Waals surface area contributed by atoms with Gasteiger partial charge in [-0.2, -0.15) is 0 Å². The summed E-state index contributed by atoms with van der Waals surface area (Å²) in [7, 11) is 0. The van der Waals surface area contributed by atoms with Crippen LogP contribution in [0, 0.1) is 5.41 Å². The van der Waals surface area contributed by atoms with E-state index in [1.54, 1.807) is 0 Å². The van der Waals surface area contributed by atoms with Gasteiger partial charge >= 0.3 is 0 Å². The molecule has 0 bridgehead atoms. The fraction of sp³-hybridized carbons (Fsp3) is 0.263. The smallest absolute Gasteiger partial charge is 0.0515 e. The van der Waals surface area contributed by atoms with E-state index >= 15 is 0 Å². The van der Waals surface area contributed by atoms with E-state index in [9.17, 15) is 10.2 Å². The second kappa shape index (κ2) is 7.21. The molecule has 0 saturated carbocycles. The fourth-order valence-corrected chi connectivity index (χ4v) is 2.59. The Kier molecular flexibility index (Phi) is 5.32. The van der Waals surface area contributed by atoms with Gasteiger partial charge in [0.1, 0.15) is 0 Å². The minimum Gasteiger partial charge on any atom is -0.396 e. The van der Waals surface area contributed by atoms with E-state index in [-0.39, 0.29) is 13.2 Å². The van der Waals surface area contributed by atoms with E-state index in [4.69, 9.17) is 0 Å². The van der Waals surface area contributed by atoms with Gasteiger partial charge in [0, 0.05) is 5.41 Å². The third-order valence-electron chi connectivity index (χ3n) is 3.86. The lowest BCUT2D eigenvalue weighted by Crippen LogP contribution is -2.32. The Hall–Kier alpha value is -1.90. The van der Waals surface area contributed by atoms with E-state index in [1.165, 1.54) is 0 Å². The summed E-state index contributed by atoms with van der Waals surface area (Å²) in [6.45, 7) is 3.99. The Morgan fingerprint density at radius 1 is 0.857 bits per heavy atom. The van der Waals surface area contributed by atoms with Crippen molar-refractivity contribution in [1.82, 2.24) is 0 Å². The lowest BCUT2D eigenvalue weighted by Gasteiger charge is -2.31. The van der Waals surface area contributed by atoms with E-state index < -0.39 is 5.41 Å². The molecule has 0 amide bonds. The minimum absolute atomic E-state index is 0.0652. The Labute approximate surface area is 126 Å². The molecule has 110 valence electrons. The Balaban J connectivity index is 2.16. The highest BCUT2D eigenvalue weighted by Crippen LogP contribution is 2.33. The summed E-state index contributed by atoms with van der Waals surface area (Å²) in [5.74, 6) is 0. The number of aliphatic hydroxyl groups is 2. The van der Waals surface area contributed by atoms with Gasteiger partial charge in [0.25, 0.3) is 0 Å². The molecule has 0 spiro atoms. The first-order chi connectivity index (χ1) is 10.2. The van der Waals surface area contributed by atoms with Gasteiger partial charge in [-0.1, -0.05) is 67.2 Å². The first kappa shape index (κ1) is 15.5. The number of allylic oxidation sites excluding steroid dienone is 1. The number of aliphatic hydroxyl groups excluding tert-OH is 2. The molecule has 2 N–H and O–H groups in total. The maximum absolute atomic E-state index is 9.83. The minimum atomic E-state index is -0.575. The molecular formula is C19H22O2. The second-order valence-electron chi connectivity index (χ2n) is 5.62. The van der Waals surface area contributed by atoms with Crippen molar-refractivity contribution in [3.05, 3.63) is 78.4 Å². The highest BCUT2D eigenvalue weighted by Gasteiger charge is 2.30. The molecule has 0 aliphatic heterocycles. The molecule has 0 unspecified atom stereocenters. The molecule has 0 aromatic heterocycles. The van der Waals surface area contributed by atoms with Crippen molar-refractivity contribution in [2.24, 2.45) is 5.41 Å². The average Bonchev–Trinajstić information content (AvgIpc) is 2.56. The lowest BCUT2D eigenvalue weighted by atomic mass is 9.77. The van der Waals surface area contributed by atoms with Crippen molar-refractivity contribution in [2.45, 2.75) is 12.8 Å². The lowest BCUT2D eigenvalue weighted by molar-refractivity contribution is 0.0589. The van der Waals surface area contributed by atoms with E-state index in [0.717, 1.165) is 16.7 Å². The first-order valence-electron chi connectivity index (χ1n) is 7.18. The maximum Gasteiger partial charge on any atom is 0.0515 e. The Morgan fingerprint density at radius 3 is 1.90 bits per heavy atom. The molecular weight excluding hydrogens is 260 g/mol. The van der Waals surface area contributed by atoms with Crippen molar-refractivity contribution >= 4 is 5.57 Å². The molecule has 2 nitrogen and oxygen atoms in total. The van der Waals surface area contributed by atoms with Crippen molar-refractivity contribution < 1.29 is 10.2 Å². The maximum atomic E-state index is 9.83. The molecule has 2 heteroatoms. The molecule has 2 aromatic rings. The first-order valence-corrected chi connectivity index (χ1v) is 7.18. The van der Waals surface area contributed by atoms with Crippen molar-refractivity contribution in [2.75, 3.05) is 13.2 Å². The molecule has 0 aliphatic carbocycles. The molecule has 0 heterocycles. The molecule has 21 heavy (non-hydrogen) atoms. The van der Waals surface area contributed by atoms with E-state index in [1.807, 2.05) is 60.7 Å². The number of hydrogen-bond donors (Lipinski definition) is 2. The van der Waals surface area contributed by atoms with Crippen LogP contribution < -0.4 is 0 Å². The monoisotopic (exact) mass is 282 g/mol. The van der Waals surface area contributed by atoms with E-state index in [0.29, 0.717) is 12.8 Å². The normalized spacial score (nSPS) is 11.3. The summed E-state index contributed by atoms with van der Waals surface area (Å²) in [6.07, 6.45) is 1.20. The summed E-state index contributed by atoms with van der Waals surface area (Å²) < 4.78 is 0. The quantitative estimate of drug-likeness (QED) is 0.818. The van der Waals surface area contributed by atoms with E-state index in [2.05, 4.69) is 6.58 Å².